The Labute approximate surface area is 78.7 Å². The second kappa shape index (κ2) is 2.56. The number of H-pyrrole nitrogens is 1. The van der Waals surface area contributed by atoms with Gasteiger partial charge in [0, 0.05) is 23.6 Å². The number of aromatic amines is 1. The van der Waals surface area contributed by atoms with Crippen molar-refractivity contribution in [2.45, 2.75) is 25.2 Å². The summed E-state index contributed by atoms with van der Waals surface area (Å²) in [4.78, 5) is 13.1. The summed E-state index contributed by atoms with van der Waals surface area (Å²) in [6, 6.07) is 1.03. The largest absolute Gasteiger partial charge is 0.477 e. The number of carboxylic acids is 1. The van der Waals surface area contributed by atoms with Crippen molar-refractivity contribution in [2.75, 3.05) is 0 Å². The molecule has 1 aromatic rings. The molecule has 0 bridgehead atoms. The highest BCUT2D eigenvalue weighted by atomic mass is 19.3. The summed E-state index contributed by atoms with van der Waals surface area (Å²) in [6.45, 7) is 1.65. The van der Waals surface area contributed by atoms with E-state index in [1.54, 1.807) is 6.92 Å². The average Bonchev–Trinajstić information content (AvgIpc) is 2.53. The van der Waals surface area contributed by atoms with Crippen LogP contribution in [0.15, 0.2) is 6.07 Å². The molecular formula is C9H9F2NO2. The van der Waals surface area contributed by atoms with Crippen LogP contribution in [0.5, 0.6) is 0 Å². The molecule has 76 valence electrons. The number of carboxylic acid groups (broad SMARTS) is 1. The van der Waals surface area contributed by atoms with Crippen molar-refractivity contribution in [1.29, 1.82) is 0 Å². The van der Waals surface area contributed by atoms with E-state index >= 15 is 0 Å². The quantitative estimate of drug-likeness (QED) is 0.732. The van der Waals surface area contributed by atoms with Gasteiger partial charge in [0.2, 0.25) is 0 Å². The summed E-state index contributed by atoms with van der Waals surface area (Å²) < 4.78 is 26.5. The van der Waals surface area contributed by atoms with Crippen molar-refractivity contribution in [3.05, 3.63) is 23.0 Å². The Balaban J connectivity index is 2.53. The number of hydrogen-bond acceptors (Lipinski definition) is 1. The first-order valence-electron chi connectivity index (χ1n) is 4.26. The number of fused-ring (bicyclic) bond motifs is 1. The van der Waals surface area contributed by atoms with E-state index in [0.29, 0.717) is 5.69 Å². The highest BCUT2D eigenvalue weighted by Gasteiger charge is 2.45. The number of halogens is 2. The number of hydrogen-bond donors (Lipinski definition) is 2. The van der Waals surface area contributed by atoms with E-state index < -0.39 is 11.9 Å². The maximum atomic E-state index is 13.3. The van der Waals surface area contributed by atoms with Gasteiger partial charge in [0.1, 0.15) is 5.69 Å². The van der Waals surface area contributed by atoms with Crippen molar-refractivity contribution in [1.82, 2.24) is 4.98 Å². The SMILES string of the molecule is C[C@@H]1CC(F)(F)c2cc(C(=O)O)[nH]c21. The van der Waals surface area contributed by atoms with Crippen LogP contribution in [-0.2, 0) is 5.92 Å². The smallest absolute Gasteiger partial charge is 0.352 e. The highest BCUT2D eigenvalue weighted by molar-refractivity contribution is 5.86. The van der Waals surface area contributed by atoms with Gasteiger partial charge in [-0.05, 0) is 6.07 Å². The summed E-state index contributed by atoms with van der Waals surface area (Å²) in [5.74, 6) is -4.41. The molecule has 2 rings (SSSR count). The zero-order chi connectivity index (χ0) is 10.5. The Bertz CT molecular complexity index is 398. The van der Waals surface area contributed by atoms with Crippen molar-refractivity contribution in [2.24, 2.45) is 0 Å². The summed E-state index contributed by atoms with van der Waals surface area (Å²) >= 11 is 0. The summed E-state index contributed by atoms with van der Waals surface area (Å²) in [5, 5.41) is 8.62. The lowest BCUT2D eigenvalue weighted by Crippen LogP contribution is -2.07. The van der Waals surface area contributed by atoms with Crippen LogP contribution in [0.4, 0.5) is 8.78 Å². The molecule has 1 aromatic heterocycles. The lowest BCUT2D eigenvalue weighted by molar-refractivity contribution is -0.00576. The second-order valence-electron chi connectivity index (χ2n) is 3.63. The Hall–Kier alpha value is -1.39. The molecule has 0 fully saturated rings. The van der Waals surface area contributed by atoms with E-state index in [9.17, 15) is 13.6 Å². The highest BCUT2D eigenvalue weighted by Crippen LogP contribution is 2.47. The molecule has 0 spiro atoms. The van der Waals surface area contributed by atoms with Crippen LogP contribution in [0.2, 0.25) is 0 Å². The van der Waals surface area contributed by atoms with Crippen LogP contribution in [0.3, 0.4) is 0 Å². The fourth-order valence-corrected chi connectivity index (χ4v) is 1.87. The summed E-state index contributed by atoms with van der Waals surface area (Å²) in [5.41, 5.74) is 0.0241. The first-order valence-corrected chi connectivity index (χ1v) is 4.26. The van der Waals surface area contributed by atoms with Crippen LogP contribution in [0.25, 0.3) is 0 Å². The summed E-state index contributed by atoms with van der Waals surface area (Å²) in [7, 11) is 0. The number of alkyl halides is 2. The zero-order valence-corrected chi connectivity index (χ0v) is 7.47. The van der Waals surface area contributed by atoms with E-state index in [1.807, 2.05) is 0 Å². The lowest BCUT2D eigenvalue weighted by Gasteiger charge is -2.07. The topological polar surface area (TPSA) is 53.1 Å². The van der Waals surface area contributed by atoms with Gasteiger partial charge in [0.05, 0.1) is 0 Å². The van der Waals surface area contributed by atoms with Crippen LogP contribution in [0.1, 0.15) is 41.0 Å². The van der Waals surface area contributed by atoms with Gasteiger partial charge in [-0.2, -0.15) is 0 Å². The van der Waals surface area contributed by atoms with Gasteiger partial charge in [-0.15, -0.1) is 0 Å². The fraction of sp³-hybridized carbons (Fsp3) is 0.444. The Morgan fingerprint density at radius 3 is 2.86 bits per heavy atom. The Morgan fingerprint density at radius 1 is 1.71 bits per heavy atom. The minimum atomic E-state index is -2.89. The molecule has 0 amide bonds. The van der Waals surface area contributed by atoms with E-state index in [1.165, 1.54) is 0 Å². The molecule has 0 unspecified atom stereocenters. The monoisotopic (exact) mass is 201 g/mol. The molecule has 1 aliphatic carbocycles. The number of aromatic nitrogens is 1. The normalized spacial score (nSPS) is 23.5. The van der Waals surface area contributed by atoms with Gasteiger partial charge in [-0.25, -0.2) is 13.6 Å². The van der Waals surface area contributed by atoms with E-state index in [0.717, 1.165) is 6.07 Å². The Kier molecular flexibility index (Phi) is 1.68. The molecule has 1 atom stereocenters. The predicted octanol–water partition coefficient (Wildman–Crippen LogP) is 2.31. The first-order chi connectivity index (χ1) is 6.42. The summed E-state index contributed by atoms with van der Waals surface area (Å²) in [6.07, 6.45) is -0.242. The molecule has 0 radical (unpaired) electrons. The minimum Gasteiger partial charge on any atom is -0.477 e. The number of carbonyl (C=O) groups is 1. The maximum Gasteiger partial charge on any atom is 0.352 e. The minimum absolute atomic E-state index is 0.164. The first kappa shape index (κ1) is 9.18. The standard InChI is InChI=1S/C9H9F2NO2/c1-4-3-9(10,11)5-2-6(8(13)14)12-7(4)5/h2,4,12H,3H2,1H3,(H,13,14)/t4-/m1/s1. The van der Waals surface area contributed by atoms with Gasteiger partial charge in [-0.1, -0.05) is 6.92 Å². The number of rotatable bonds is 1. The molecule has 0 aromatic carbocycles. The van der Waals surface area contributed by atoms with Gasteiger partial charge in [0.15, 0.2) is 0 Å². The van der Waals surface area contributed by atoms with E-state index in [2.05, 4.69) is 4.98 Å². The number of nitrogens with one attached hydrogen (secondary N) is 1. The van der Waals surface area contributed by atoms with E-state index in [4.69, 9.17) is 5.11 Å². The third kappa shape index (κ3) is 1.12. The van der Waals surface area contributed by atoms with Gasteiger partial charge in [-0.3, -0.25) is 0 Å². The van der Waals surface area contributed by atoms with Crippen molar-refractivity contribution in [3.63, 3.8) is 0 Å². The maximum absolute atomic E-state index is 13.3. The molecule has 0 saturated carbocycles. The van der Waals surface area contributed by atoms with Crippen LogP contribution in [0, 0.1) is 0 Å². The van der Waals surface area contributed by atoms with Crippen molar-refractivity contribution < 1.29 is 18.7 Å². The molecule has 0 aliphatic heterocycles. The molecule has 5 heteroatoms. The van der Waals surface area contributed by atoms with Crippen LogP contribution < -0.4 is 0 Å². The zero-order valence-electron chi connectivity index (χ0n) is 7.47. The van der Waals surface area contributed by atoms with Crippen LogP contribution in [-0.4, -0.2) is 16.1 Å². The molecule has 3 nitrogen and oxygen atoms in total. The molecule has 1 heterocycles. The molecule has 14 heavy (non-hydrogen) atoms. The van der Waals surface area contributed by atoms with E-state index in [-0.39, 0.29) is 23.6 Å². The molecule has 0 saturated heterocycles. The van der Waals surface area contributed by atoms with Crippen molar-refractivity contribution >= 4 is 5.97 Å². The third-order valence-corrected chi connectivity index (χ3v) is 2.53. The molecular weight excluding hydrogens is 192 g/mol. The average molecular weight is 201 g/mol. The lowest BCUT2D eigenvalue weighted by atomic mass is 10.1. The molecule has 2 N–H and O–H groups in total. The van der Waals surface area contributed by atoms with Crippen LogP contribution >= 0.6 is 0 Å². The van der Waals surface area contributed by atoms with Gasteiger partial charge >= 0.3 is 5.97 Å². The van der Waals surface area contributed by atoms with Gasteiger partial charge < -0.3 is 10.1 Å². The third-order valence-electron chi connectivity index (χ3n) is 2.53. The predicted molar refractivity (Wildman–Crippen MR) is 44.7 cm³/mol. The second-order valence-corrected chi connectivity index (χ2v) is 3.63. The van der Waals surface area contributed by atoms with Crippen molar-refractivity contribution in [3.8, 4) is 0 Å². The Morgan fingerprint density at radius 2 is 2.36 bits per heavy atom. The fourth-order valence-electron chi connectivity index (χ4n) is 1.87. The molecule has 1 aliphatic rings. The number of aromatic carboxylic acids is 1. The van der Waals surface area contributed by atoms with Gasteiger partial charge in [0.25, 0.3) is 5.92 Å².